The molecule has 0 aliphatic heterocycles. The molecule has 0 fully saturated rings. The van der Waals surface area contributed by atoms with Crippen LogP contribution >= 0.6 is 0 Å². The standard InChI is InChI=1S/C16H18FN5O4S/c1-10-14(11(2)26-20-10)27(24,25)18-8-9-22-16(23)21(3)15(19-22)12-4-6-13(17)7-5-12/h4-7,18H,8-9H2,1-3H3. The molecule has 0 bridgehead atoms. The molecule has 3 aromatic rings. The number of nitrogens with one attached hydrogen (secondary N) is 1. The summed E-state index contributed by atoms with van der Waals surface area (Å²) in [5, 5.41) is 7.83. The molecule has 0 unspecified atom stereocenters. The molecule has 0 atom stereocenters. The smallest absolute Gasteiger partial charge is 0.345 e. The van der Waals surface area contributed by atoms with Gasteiger partial charge in [-0.05, 0) is 38.1 Å². The fourth-order valence-electron chi connectivity index (χ4n) is 2.70. The van der Waals surface area contributed by atoms with Crippen molar-refractivity contribution in [3.8, 4) is 11.4 Å². The van der Waals surface area contributed by atoms with Crippen molar-refractivity contribution in [3.63, 3.8) is 0 Å². The average Bonchev–Trinajstić information content (AvgIpc) is 3.09. The SMILES string of the molecule is Cc1noc(C)c1S(=O)(=O)NCCn1nc(-c2ccc(F)cc2)n(C)c1=O. The van der Waals surface area contributed by atoms with Gasteiger partial charge >= 0.3 is 5.69 Å². The van der Waals surface area contributed by atoms with Crippen LogP contribution in [0.25, 0.3) is 11.4 Å². The molecule has 1 N–H and O–H groups in total. The Morgan fingerprint density at radius 1 is 1.22 bits per heavy atom. The number of aromatic nitrogens is 4. The molecule has 11 heteroatoms. The third kappa shape index (κ3) is 3.69. The molecule has 0 saturated heterocycles. The summed E-state index contributed by atoms with van der Waals surface area (Å²) >= 11 is 0. The normalized spacial score (nSPS) is 11.9. The first kappa shape index (κ1) is 19.0. The number of benzene rings is 1. The van der Waals surface area contributed by atoms with Gasteiger partial charge in [0.05, 0.1) is 6.54 Å². The number of sulfonamides is 1. The van der Waals surface area contributed by atoms with Crippen LogP contribution in [-0.4, -0.2) is 34.5 Å². The Morgan fingerprint density at radius 2 is 1.89 bits per heavy atom. The highest BCUT2D eigenvalue weighted by molar-refractivity contribution is 7.89. The van der Waals surface area contributed by atoms with Crippen molar-refractivity contribution in [2.24, 2.45) is 7.05 Å². The van der Waals surface area contributed by atoms with Gasteiger partial charge < -0.3 is 4.52 Å². The van der Waals surface area contributed by atoms with Gasteiger partial charge in [-0.15, -0.1) is 5.10 Å². The van der Waals surface area contributed by atoms with E-state index in [-0.39, 0.29) is 29.4 Å². The fourth-order valence-corrected chi connectivity index (χ4v) is 4.05. The summed E-state index contributed by atoms with van der Waals surface area (Å²) in [6.07, 6.45) is 0. The summed E-state index contributed by atoms with van der Waals surface area (Å²) in [4.78, 5) is 12.3. The highest BCUT2D eigenvalue weighted by Crippen LogP contribution is 2.18. The van der Waals surface area contributed by atoms with Crippen molar-refractivity contribution < 1.29 is 17.3 Å². The average molecular weight is 395 g/mol. The lowest BCUT2D eigenvalue weighted by molar-refractivity contribution is 0.390. The van der Waals surface area contributed by atoms with Gasteiger partial charge in [0.2, 0.25) is 10.0 Å². The van der Waals surface area contributed by atoms with E-state index in [1.165, 1.54) is 42.7 Å². The monoisotopic (exact) mass is 395 g/mol. The van der Waals surface area contributed by atoms with Crippen molar-refractivity contribution in [3.05, 3.63) is 52.0 Å². The Hall–Kier alpha value is -2.79. The Bertz CT molecular complexity index is 1110. The van der Waals surface area contributed by atoms with Crippen molar-refractivity contribution in [2.75, 3.05) is 6.54 Å². The molecule has 3 rings (SSSR count). The van der Waals surface area contributed by atoms with E-state index in [2.05, 4.69) is 15.0 Å². The first-order valence-corrected chi connectivity index (χ1v) is 9.51. The van der Waals surface area contributed by atoms with Gasteiger partial charge in [0.25, 0.3) is 0 Å². The lowest BCUT2D eigenvalue weighted by Crippen LogP contribution is -2.32. The molecule has 0 aliphatic rings. The maximum Gasteiger partial charge on any atom is 0.345 e. The highest BCUT2D eigenvalue weighted by Gasteiger charge is 2.24. The number of hydrogen-bond acceptors (Lipinski definition) is 6. The molecule has 144 valence electrons. The zero-order valence-electron chi connectivity index (χ0n) is 14.9. The van der Waals surface area contributed by atoms with Crippen molar-refractivity contribution in [1.82, 2.24) is 24.2 Å². The molecule has 0 spiro atoms. The van der Waals surface area contributed by atoms with Crippen LogP contribution in [0.2, 0.25) is 0 Å². The van der Waals surface area contributed by atoms with Crippen LogP contribution in [0.3, 0.4) is 0 Å². The van der Waals surface area contributed by atoms with Crippen LogP contribution in [0, 0.1) is 19.7 Å². The van der Waals surface area contributed by atoms with Crippen LogP contribution in [0.5, 0.6) is 0 Å². The minimum Gasteiger partial charge on any atom is -0.360 e. The lowest BCUT2D eigenvalue weighted by atomic mass is 10.2. The lowest BCUT2D eigenvalue weighted by Gasteiger charge is -2.05. The van der Waals surface area contributed by atoms with E-state index in [0.717, 1.165) is 4.68 Å². The topological polar surface area (TPSA) is 112 Å². The van der Waals surface area contributed by atoms with Crippen molar-refractivity contribution >= 4 is 10.0 Å². The molecule has 2 aromatic heterocycles. The van der Waals surface area contributed by atoms with E-state index < -0.39 is 21.5 Å². The molecule has 0 radical (unpaired) electrons. The summed E-state index contributed by atoms with van der Waals surface area (Å²) in [6.45, 7) is 3.01. The zero-order valence-corrected chi connectivity index (χ0v) is 15.7. The third-order valence-electron chi connectivity index (χ3n) is 4.00. The number of rotatable bonds is 6. The van der Waals surface area contributed by atoms with Gasteiger partial charge in [0.15, 0.2) is 11.6 Å². The maximum absolute atomic E-state index is 13.1. The molecule has 1 aromatic carbocycles. The first-order chi connectivity index (χ1) is 12.7. The maximum atomic E-state index is 13.1. The Kier molecular flexibility index (Phi) is 4.98. The molecular formula is C16H18FN5O4S. The van der Waals surface area contributed by atoms with Crippen LogP contribution in [0.15, 0.2) is 38.5 Å². The number of aryl methyl sites for hydroxylation is 2. The predicted octanol–water partition coefficient (Wildman–Crippen LogP) is 0.971. The second-order valence-electron chi connectivity index (χ2n) is 5.95. The Morgan fingerprint density at radius 3 is 2.48 bits per heavy atom. The summed E-state index contributed by atoms with van der Waals surface area (Å²) < 4.78 is 47.6. The van der Waals surface area contributed by atoms with Crippen LogP contribution < -0.4 is 10.4 Å². The van der Waals surface area contributed by atoms with Gasteiger partial charge in [0.1, 0.15) is 16.4 Å². The van der Waals surface area contributed by atoms with Crippen molar-refractivity contribution in [2.45, 2.75) is 25.3 Å². The summed E-state index contributed by atoms with van der Waals surface area (Å²) in [7, 11) is -2.28. The highest BCUT2D eigenvalue weighted by atomic mass is 32.2. The van der Waals surface area contributed by atoms with Crippen molar-refractivity contribution in [1.29, 1.82) is 0 Å². The number of hydrogen-bond donors (Lipinski definition) is 1. The first-order valence-electron chi connectivity index (χ1n) is 8.03. The van der Waals surface area contributed by atoms with Crippen LogP contribution in [0.4, 0.5) is 4.39 Å². The molecule has 2 heterocycles. The van der Waals surface area contributed by atoms with E-state index in [1.54, 1.807) is 7.05 Å². The van der Waals surface area contributed by atoms with Gasteiger partial charge in [-0.1, -0.05) is 5.16 Å². The second-order valence-corrected chi connectivity index (χ2v) is 7.65. The van der Waals surface area contributed by atoms with Gasteiger partial charge in [-0.2, -0.15) is 0 Å². The van der Waals surface area contributed by atoms with E-state index in [0.29, 0.717) is 11.4 Å². The van der Waals surface area contributed by atoms with Gasteiger partial charge in [0, 0.05) is 19.2 Å². The van der Waals surface area contributed by atoms with Crippen LogP contribution in [-0.2, 0) is 23.6 Å². The number of halogens is 1. The zero-order chi connectivity index (χ0) is 19.8. The molecule has 0 amide bonds. The van der Waals surface area contributed by atoms with E-state index in [9.17, 15) is 17.6 Å². The predicted molar refractivity (Wildman–Crippen MR) is 94.0 cm³/mol. The third-order valence-corrected chi connectivity index (χ3v) is 5.70. The van der Waals surface area contributed by atoms with Gasteiger partial charge in [-0.3, -0.25) is 4.57 Å². The Balaban J connectivity index is 1.77. The quantitative estimate of drug-likeness (QED) is 0.666. The van der Waals surface area contributed by atoms with Crippen LogP contribution in [0.1, 0.15) is 11.5 Å². The Labute approximate surface area is 154 Å². The molecule has 9 nitrogen and oxygen atoms in total. The minimum absolute atomic E-state index is 0.0112. The molecule has 27 heavy (non-hydrogen) atoms. The molecule has 0 aliphatic carbocycles. The van der Waals surface area contributed by atoms with E-state index in [4.69, 9.17) is 4.52 Å². The molecular weight excluding hydrogens is 377 g/mol. The molecule has 0 saturated carbocycles. The summed E-state index contributed by atoms with van der Waals surface area (Å²) in [6, 6.07) is 5.58. The number of nitrogens with zero attached hydrogens (tertiary/aromatic N) is 4. The second kappa shape index (κ2) is 7.08. The largest absolute Gasteiger partial charge is 0.360 e. The minimum atomic E-state index is -3.82. The van der Waals surface area contributed by atoms with E-state index in [1.807, 2.05) is 0 Å². The summed E-state index contributed by atoms with van der Waals surface area (Å²) in [5.74, 6) is 0.152. The summed E-state index contributed by atoms with van der Waals surface area (Å²) in [5.41, 5.74) is 0.422. The van der Waals surface area contributed by atoms with E-state index >= 15 is 0 Å². The van der Waals surface area contributed by atoms with Gasteiger partial charge in [-0.25, -0.2) is 27.0 Å². The fraction of sp³-hybridized carbons (Fsp3) is 0.312.